The molecule has 0 unspecified atom stereocenters. The van der Waals surface area contributed by atoms with Crippen LogP contribution in [0.3, 0.4) is 0 Å². The van der Waals surface area contributed by atoms with E-state index in [2.05, 4.69) is 13.8 Å². The number of para-hydroxylation sites is 2. The lowest BCUT2D eigenvalue weighted by Gasteiger charge is -2.29. The molecule has 0 fully saturated rings. The summed E-state index contributed by atoms with van der Waals surface area (Å²) in [6, 6.07) is 16.8. The first-order valence-corrected chi connectivity index (χ1v) is 10.9. The SMILES string of the molecule is [CH2]C([CH2])(CP(=O)(O)O)CP(=O)(Oc1ccccc1)Oc1ccccc1. The van der Waals surface area contributed by atoms with Crippen LogP contribution in [-0.2, 0) is 9.13 Å². The third kappa shape index (κ3) is 7.05. The normalized spacial score (nSPS) is 12.6. The Morgan fingerprint density at radius 3 is 1.56 bits per heavy atom. The maximum Gasteiger partial charge on any atom is 0.431 e. The van der Waals surface area contributed by atoms with Crippen LogP contribution in [0.15, 0.2) is 60.7 Å². The zero-order valence-electron chi connectivity index (χ0n) is 13.5. The second kappa shape index (κ2) is 7.76. The van der Waals surface area contributed by atoms with Crippen molar-refractivity contribution in [3.63, 3.8) is 0 Å². The predicted molar refractivity (Wildman–Crippen MR) is 96.7 cm³/mol. The van der Waals surface area contributed by atoms with Gasteiger partial charge in [-0.3, -0.25) is 4.57 Å². The van der Waals surface area contributed by atoms with E-state index in [9.17, 15) is 18.9 Å². The van der Waals surface area contributed by atoms with Crippen molar-refractivity contribution in [1.29, 1.82) is 0 Å². The fourth-order valence-corrected chi connectivity index (χ4v) is 5.41. The molecule has 2 aromatic rings. The van der Waals surface area contributed by atoms with E-state index in [0.29, 0.717) is 11.5 Å². The van der Waals surface area contributed by atoms with Gasteiger partial charge in [0.15, 0.2) is 0 Å². The van der Waals surface area contributed by atoms with Crippen LogP contribution < -0.4 is 9.05 Å². The van der Waals surface area contributed by atoms with Crippen LogP contribution in [-0.4, -0.2) is 22.1 Å². The second-order valence-electron chi connectivity index (χ2n) is 5.90. The Hall–Kier alpha value is -1.58. The second-order valence-corrected chi connectivity index (χ2v) is 9.45. The molecule has 0 aliphatic carbocycles. The summed E-state index contributed by atoms with van der Waals surface area (Å²) in [6.07, 6.45) is -1.00. The van der Waals surface area contributed by atoms with Gasteiger partial charge in [0.25, 0.3) is 0 Å². The van der Waals surface area contributed by atoms with Gasteiger partial charge in [0.2, 0.25) is 0 Å². The van der Waals surface area contributed by atoms with Crippen LogP contribution in [0.4, 0.5) is 0 Å². The van der Waals surface area contributed by atoms with Crippen molar-refractivity contribution in [2.45, 2.75) is 0 Å². The minimum atomic E-state index is -4.40. The maximum atomic E-state index is 13.3. The van der Waals surface area contributed by atoms with Gasteiger partial charge in [-0.25, -0.2) is 4.57 Å². The van der Waals surface area contributed by atoms with Gasteiger partial charge in [-0.2, -0.15) is 0 Å². The zero-order valence-corrected chi connectivity index (χ0v) is 15.3. The highest BCUT2D eigenvalue weighted by Gasteiger charge is 2.40. The topological polar surface area (TPSA) is 93.1 Å². The van der Waals surface area contributed by atoms with Gasteiger partial charge < -0.3 is 18.8 Å². The molecule has 0 amide bonds. The lowest BCUT2D eigenvalue weighted by molar-refractivity contribution is 0.349. The summed E-state index contributed by atoms with van der Waals surface area (Å²) in [5, 5.41) is 0. The van der Waals surface area contributed by atoms with E-state index >= 15 is 0 Å². The van der Waals surface area contributed by atoms with Crippen LogP contribution in [0, 0.1) is 19.3 Å². The standard InChI is InChI=1S/C17H20O6P2/c1-17(2,13-24(18,19)20)14-25(21,22-15-9-5-3-6-10-15)23-16-11-7-4-8-12-16/h3-12H,1-2,13-14H2,(H2,18,19,20). The third-order valence-corrected chi connectivity index (χ3v) is 6.16. The van der Waals surface area contributed by atoms with Crippen molar-refractivity contribution >= 4 is 15.2 Å². The molecule has 2 rings (SSSR count). The Morgan fingerprint density at radius 1 is 0.800 bits per heavy atom. The highest BCUT2D eigenvalue weighted by molar-refractivity contribution is 7.55. The molecule has 0 saturated carbocycles. The molecule has 8 heteroatoms. The highest BCUT2D eigenvalue weighted by atomic mass is 31.2. The summed E-state index contributed by atoms with van der Waals surface area (Å²) in [6.45, 7) is 7.38. The minimum Gasteiger partial charge on any atom is -0.416 e. The first kappa shape index (κ1) is 19.7. The van der Waals surface area contributed by atoms with Crippen molar-refractivity contribution in [1.82, 2.24) is 0 Å². The largest absolute Gasteiger partial charge is 0.431 e. The molecule has 0 bridgehead atoms. The van der Waals surface area contributed by atoms with Crippen LogP contribution in [0.1, 0.15) is 0 Å². The Balaban J connectivity index is 2.28. The molecule has 0 atom stereocenters. The predicted octanol–water partition coefficient (Wildman–Crippen LogP) is 4.17. The summed E-state index contributed by atoms with van der Waals surface area (Å²) in [7, 11) is -8.23. The Morgan fingerprint density at radius 2 is 1.20 bits per heavy atom. The first-order valence-electron chi connectivity index (χ1n) is 7.41. The van der Waals surface area contributed by atoms with E-state index < -0.39 is 26.8 Å². The molecule has 0 aliphatic heterocycles. The molecule has 2 radical (unpaired) electrons. The fraction of sp³-hybridized carbons (Fsp3) is 0.176. The van der Waals surface area contributed by atoms with E-state index in [4.69, 9.17) is 9.05 Å². The van der Waals surface area contributed by atoms with Gasteiger partial charge in [0.05, 0.1) is 12.3 Å². The van der Waals surface area contributed by atoms with Crippen molar-refractivity contribution in [3.05, 3.63) is 74.5 Å². The van der Waals surface area contributed by atoms with E-state index in [-0.39, 0.29) is 6.16 Å². The molecule has 0 heterocycles. The quantitative estimate of drug-likeness (QED) is 0.666. The van der Waals surface area contributed by atoms with Gasteiger partial charge in [-0.05, 0) is 43.5 Å². The summed E-state index contributed by atoms with van der Waals surface area (Å²) in [5.41, 5.74) is -1.45. The Labute approximate surface area is 147 Å². The van der Waals surface area contributed by atoms with Crippen molar-refractivity contribution in [3.8, 4) is 11.5 Å². The molecule has 134 valence electrons. The lowest BCUT2D eigenvalue weighted by atomic mass is 10.0. The average molecular weight is 382 g/mol. The highest BCUT2D eigenvalue weighted by Crippen LogP contribution is 2.54. The van der Waals surface area contributed by atoms with Gasteiger partial charge in [-0.1, -0.05) is 36.4 Å². The number of hydrogen-bond donors (Lipinski definition) is 2. The van der Waals surface area contributed by atoms with Crippen molar-refractivity contribution < 1.29 is 28.0 Å². The Bertz CT molecular complexity index is 725. The Kier molecular flexibility index (Phi) is 6.12. The lowest BCUT2D eigenvalue weighted by Crippen LogP contribution is -2.25. The van der Waals surface area contributed by atoms with Gasteiger partial charge >= 0.3 is 15.2 Å². The van der Waals surface area contributed by atoms with Crippen LogP contribution in [0.25, 0.3) is 0 Å². The van der Waals surface area contributed by atoms with Crippen LogP contribution >= 0.6 is 15.2 Å². The van der Waals surface area contributed by atoms with Gasteiger partial charge in [-0.15, -0.1) is 0 Å². The first-order chi connectivity index (χ1) is 11.6. The van der Waals surface area contributed by atoms with E-state index in [1.54, 1.807) is 60.7 Å². The average Bonchev–Trinajstić information content (AvgIpc) is 2.45. The summed E-state index contributed by atoms with van der Waals surface area (Å²) < 4.78 is 35.7. The molecule has 25 heavy (non-hydrogen) atoms. The van der Waals surface area contributed by atoms with Crippen molar-refractivity contribution in [2.24, 2.45) is 5.41 Å². The van der Waals surface area contributed by atoms with Crippen molar-refractivity contribution in [2.75, 3.05) is 12.3 Å². The number of hydrogen-bond acceptors (Lipinski definition) is 4. The molecule has 6 nitrogen and oxygen atoms in total. The zero-order chi connectivity index (χ0) is 18.6. The molecule has 2 aromatic carbocycles. The maximum absolute atomic E-state index is 13.3. The van der Waals surface area contributed by atoms with Gasteiger partial charge in [0.1, 0.15) is 11.5 Å². The molecule has 0 aromatic heterocycles. The van der Waals surface area contributed by atoms with Crippen LogP contribution in [0.2, 0.25) is 0 Å². The monoisotopic (exact) mass is 382 g/mol. The summed E-state index contributed by atoms with van der Waals surface area (Å²) >= 11 is 0. The molecule has 0 aliphatic rings. The summed E-state index contributed by atoms with van der Waals surface area (Å²) in [5.74, 6) is 0.627. The summed E-state index contributed by atoms with van der Waals surface area (Å²) in [4.78, 5) is 18.4. The van der Waals surface area contributed by atoms with E-state index in [1.807, 2.05) is 0 Å². The van der Waals surface area contributed by atoms with E-state index in [1.165, 1.54) is 0 Å². The molecular weight excluding hydrogens is 362 g/mol. The molecule has 0 spiro atoms. The van der Waals surface area contributed by atoms with Gasteiger partial charge in [0, 0.05) is 0 Å². The number of rotatable bonds is 8. The van der Waals surface area contributed by atoms with Crippen LogP contribution in [0.5, 0.6) is 11.5 Å². The molecule has 2 N–H and O–H groups in total. The number of benzene rings is 2. The van der Waals surface area contributed by atoms with E-state index in [0.717, 1.165) is 0 Å². The fourth-order valence-electron chi connectivity index (χ4n) is 2.26. The smallest absolute Gasteiger partial charge is 0.416 e. The minimum absolute atomic E-state index is 0.314. The molecule has 0 saturated heterocycles. The third-order valence-electron chi connectivity index (χ3n) is 3.05. The molecular formula is C17H20O6P2.